The number of hydrogen-bond acceptors (Lipinski definition) is 6. The maximum Gasteiger partial charge on any atom is 0.407 e. The van der Waals surface area contributed by atoms with Crippen molar-refractivity contribution in [3.63, 3.8) is 0 Å². The molecule has 2 atom stereocenters. The molecule has 3 rings (SSSR count). The second-order valence-electron chi connectivity index (χ2n) is 7.87. The average molecular weight is 377 g/mol. The third-order valence-electron chi connectivity index (χ3n) is 4.54. The van der Waals surface area contributed by atoms with Gasteiger partial charge in [-0.2, -0.15) is 0 Å². The van der Waals surface area contributed by atoms with Crippen molar-refractivity contribution in [3.8, 4) is 0 Å². The van der Waals surface area contributed by atoms with Crippen LogP contribution in [0, 0.1) is 0 Å². The van der Waals surface area contributed by atoms with Gasteiger partial charge in [-0.25, -0.2) is 14.8 Å². The molecule has 0 bridgehead atoms. The Bertz CT molecular complexity index is 783. The Hall–Kier alpha value is -1.89. The average Bonchev–Trinajstić information content (AvgIpc) is 3.00. The third-order valence-corrected chi connectivity index (χ3v) is 5.34. The van der Waals surface area contributed by atoms with Crippen LogP contribution in [0.15, 0.2) is 11.4 Å². The van der Waals surface area contributed by atoms with Gasteiger partial charge in [0, 0.05) is 25.0 Å². The van der Waals surface area contributed by atoms with E-state index >= 15 is 0 Å². The number of aryl methyl sites for hydroxylation is 1. The molecular weight excluding hydrogens is 348 g/mol. The van der Waals surface area contributed by atoms with Gasteiger partial charge in [-0.3, -0.25) is 0 Å². The number of thiophene rings is 1. The SMILES string of the molecule is CCc1nc(N2CCC(NC(=O)OC(C)(C)C)CC2C)c2ccsc2n1. The van der Waals surface area contributed by atoms with Crippen molar-refractivity contribution in [2.24, 2.45) is 0 Å². The zero-order chi connectivity index (χ0) is 18.9. The molecule has 1 N–H and O–H groups in total. The zero-order valence-electron chi connectivity index (χ0n) is 16.2. The minimum absolute atomic E-state index is 0.126. The number of carbonyl (C=O) groups excluding carboxylic acids is 1. The highest BCUT2D eigenvalue weighted by Crippen LogP contribution is 2.32. The molecule has 0 aromatic carbocycles. The van der Waals surface area contributed by atoms with E-state index in [2.05, 4.69) is 40.5 Å². The predicted molar refractivity (Wildman–Crippen MR) is 106 cm³/mol. The fourth-order valence-electron chi connectivity index (χ4n) is 3.35. The molecule has 1 aliphatic rings. The van der Waals surface area contributed by atoms with Crippen LogP contribution in [0.25, 0.3) is 10.2 Å². The topological polar surface area (TPSA) is 67.4 Å². The Morgan fingerprint density at radius 1 is 1.42 bits per heavy atom. The van der Waals surface area contributed by atoms with Crippen molar-refractivity contribution in [2.75, 3.05) is 11.4 Å². The first kappa shape index (κ1) is 18.9. The summed E-state index contributed by atoms with van der Waals surface area (Å²) < 4.78 is 5.38. The lowest BCUT2D eigenvalue weighted by atomic mass is 9.98. The van der Waals surface area contributed by atoms with Gasteiger partial charge in [0.15, 0.2) is 0 Å². The maximum atomic E-state index is 12.0. The minimum Gasteiger partial charge on any atom is -0.444 e. The molecule has 7 heteroatoms. The molecular formula is C19H28N4O2S. The van der Waals surface area contributed by atoms with Crippen LogP contribution in [-0.2, 0) is 11.2 Å². The van der Waals surface area contributed by atoms with E-state index in [9.17, 15) is 4.79 Å². The molecule has 0 aliphatic carbocycles. The Kier molecular flexibility index (Phi) is 5.37. The summed E-state index contributed by atoms with van der Waals surface area (Å²) in [5.41, 5.74) is -0.474. The number of nitrogens with zero attached hydrogens (tertiary/aromatic N) is 3. The van der Waals surface area contributed by atoms with E-state index in [1.807, 2.05) is 20.8 Å². The van der Waals surface area contributed by atoms with Crippen molar-refractivity contribution in [3.05, 3.63) is 17.3 Å². The number of rotatable bonds is 3. The van der Waals surface area contributed by atoms with Crippen molar-refractivity contribution in [2.45, 2.75) is 71.6 Å². The largest absolute Gasteiger partial charge is 0.444 e. The number of fused-ring (bicyclic) bond motifs is 1. The number of aromatic nitrogens is 2. The van der Waals surface area contributed by atoms with Gasteiger partial charge in [-0.1, -0.05) is 6.92 Å². The van der Waals surface area contributed by atoms with Crippen molar-refractivity contribution < 1.29 is 9.53 Å². The fraction of sp³-hybridized carbons (Fsp3) is 0.632. The molecule has 2 unspecified atom stereocenters. The molecule has 1 fully saturated rings. The second-order valence-corrected chi connectivity index (χ2v) is 8.76. The van der Waals surface area contributed by atoms with Crippen molar-refractivity contribution in [1.82, 2.24) is 15.3 Å². The van der Waals surface area contributed by atoms with Crippen LogP contribution in [0.1, 0.15) is 53.3 Å². The maximum absolute atomic E-state index is 12.0. The van der Waals surface area contributed by atoms with Gasteiger partial charge in [0.05, 0.1) is 5.39 Å². The number of anilines is 1. The summed E-state index contributed by atoms with van der Waals surface area (Å²) in [5, 5.41) is 6.21. The van der Waals surface area contributed by atoms with Gasteiger partial charge in [0.2, 0.25) is 0 Å². The summed E-state index contributed by atoms with van der Waals surface area (Å²) >= 11 is 1.66. The molecule has 2 aromatic heterocycles. The van der Waals surface area contributed by atoms with E-state index in [0.717, 1.165) is 47.7 Å². The van der Waals surface area contributed by atoms with Crippen LogP contribution in [0.5, 0.6) is 0 Å². The molecule has 2 aromatic rings. The third kappa shape index (κ3) is 4.26. The van der Waals surface area contributed by atoms with Crippen LogP contribution in [0.2, 0.25) is 0 Å². The van der Waals surface area contributed by atoms with E-state index in [4.69, 9.17) is 9.72 Å². The predicted octanol–water partition coefficient (Wildman–Crippen LogP) is 4.14. The van der Waals surface area contributed by atoms with E-state index in [-0.39, 0.29) is 18.2 Å². The molecule has 26 heavy (non-hydrogen) atoms. The number of ether oxygens (including phenoxy) is 1. The Labute approximate surface area is 159 Å². The molecule has 142 valence electrons. The van der Waals surface area contributed by atoms with Crippen LogP contribution >= 0.6 is 11.3 Å². The quantitative estimate of drug-likeness (QED) is 0.872. The molecule has 0 saturated carbocycles. The van der Waals surface area contributed by atoms with Gasteiger partial charge in [-0.05, 0) is 52.0 Å². The Morgan fingerprint density at radius 3 is 2.85 bits per heavy atom. The monoisotopic (exact) mass is 376 g/mol. The van der Waals surface area contributed by atoms with Crippen LogP contribution in [0.3, 0.4) is 0 Å². The molecule has 1 saturated heterocycles. The highest BCUT2D eigenvalue weighted by Gasteiger charge is 2.30. The highest BCUT2D eigenvalue weighted by atomic mass is 32.1. The second kappa shape index (κ2) is 7.39. The first-order valence-electron chi connectivity index (χ1n) is 9.27. The Balaban J connectivity index is 1.72. The standard InChI is InChI=1S/C19H28N4O2S/c1-6-15-21-16(14-8-10-26-17(14)22-15)23-9-7-13(11-12(23)2)20-18(24)25-19(3,4)5/h8,10,12-13H,6-7,9,11H2,1-5H3,(H,20,24). The molecule has 0 spiro atoms. The fourth-order valence-corrected chi connectivity index (χ4v) is 4.13. The van der Waals surface area contributed by atoms with Crippen LogP contribution < -0.4 is 10.2 Å². The van der Waals surface area contributed by atoms with Gasteiger partial charge in [-0.15, -0.1) is 11.3 Å². The number of carbonyl (C=O) groups is 1. The molecule has 1 amide bonds. The van der Waals surface area contributed by atoms with Gasteiger partial charge in [0.1, 0.15) is 22.1 Å². The Morgan fingerprint density at radius 2 is 2.19 bits per heavy atom. The zero-order valence-corrected chi connectivity index (χ0v) is 17.0. The summed E-state index contributed by atoms with van der Waals surface area (Å²) in [6, 6.07) is 2.51. The van der Waals surface area contributed by atoms with Gasteiger partial charge >= 0.3 is 6.09 Å². The van der Waals surface area contributed by atoms with E-state index in [0.29, 0.717) is 0 Å². The lowest BCUT2D eigenvalue weighted by Crippen LogP contribution is -2.50. The number of amides is 1. The van der Waals surface area contributed by atoms with E-state index in [1.54, 1.807) is 11.3 Å². The minimum atomic E-state index is -0.474. The molecule has 0 radical (unpaired) electrons. The number of nitrogens with one attached hydrogen (secondary N) is 1. The van der Waals surface area contributed by atoms with E-state index < -0.39 is 5.60 Å². The van der Waals surface area contributed by atoms with Gasteiger partial charge in [0.25, 0.3) is 0 Å². The van der Waals surface area contributed by atoms with Crippen molar-refractivity contribution >= 4 is 33.5 Å². The molecule has 6 nitrogen and oxygen atoms in total. The van der Waals surface area contributed by atoms with Crippen LogP contribution in [0.4, 0.5) is 10.6 Å². The van der Waals surface area contributed by atoms with E-state index in [1.165, 1.54) is 0 Å². The summed E-state index contributed by atoms with van der Waals surface area (Å²) in [7, 11) is 0. The van der Waals surface area contributed by atoms with Gasteiger partial charge < -0.3 is 15.0 Å². The highest BCUT2D eigenvalue weighted by molar-refractivity contribution is 7.16. The van der Waals surface area contributed by atoms with Crippen LogP contribution in [-0.4, -0.2) is 40.3 Å². The number of hydrogen-bond donors (Lipinski definition) is 1. The van der Waals surface area contributed by atoms with Crippen molar-refractivity contribution in [1.29, 1.82) is 0 Å². The summed E-state index contributed by atoms with van der Waals surface area (Å²) in [6.45, 7) is 10.8. The lowest BCUT2D eigenvalue weighted by Gasteiger charge is -2.39. The molecule has 3 heterocycles. The molecule has 1 aliphatic heterocycles. The summed E-state index contributed by atoms with van der Waals surface area (Å²) in [4.78, 5) is 24.9. The smallest absolute Gasteiger partial charge is 0.407 e. The first-order chi connectivity index (χ1) is 12.3. The normalized spacial score (nSPS) is 21.0. The summed E-state index contributed by atoms with van der Waals surface area (Å²) in [5.74, 6) is 1.91. The first-order valence-corrected chi connectivity index (χ1v) is 10.1. The lowest BCUT2D eigenvalue weighted by molar-refractivity contribution is 0.0494. The summed E-state index contributed by atoms with van der Waals surface area (Å²) in [6.07, 6.45) is 2.24. The number of alkyl carbamates (subject to hydrolysis) is 1. The number of piperidine rings is 1.